The highest BCUT2D eigenvalue weighted by Crippen LogP contribution is 2.36. The molecule has 4 heteroatoms. The van der Waals surface area contributed by atoms with E-state index in [4.69, 9.17) is 0 Å². The SMILES string of the molecule is CC(C)C(O)C(C)(C)CNC(=O)C1(N(C)C)CCC1. The molecule has 1 saturated carbocycles. The maximum absolute atomic E-state index is 12.4. The van der Waals surface area contributed by atoms with Crippen LogP contribution in [0.4, 0.5) is 0 Å². The number of hydrogen-bond donors (Lipinski definition) is 2. The summed E-state index contributed by atoms with van der Waals surface area (Å²) in [6.07, 6.45) is 2.56. The van der Waals surface area contributed by atoms with Gasteiger partial charge in [0, 0.05) is 12.0 Å². The van der Waals surface area contributed by atoms with Crippen molar-refractivity contribution in [3.05, 3.63) is 0 Å². The van der Waals surface area contributed by atoms with Crippen LogP contribution < -0.4 is 5.32 Å². The third kappa shape index (κ3) is 3.29. The fraction of sp³-hybridized carbons (Fsp3) is 0.933. The highest BCUT2D eigenvalue weighted by atomic mass is 16.3. The van der Waals surface area contributed by atoms with E-state index >= 15 is 0 Å². The largest absolute Gasteiger partial charge is 0.392 e. The molecule has 0 aromatic heterocycles. The van der Waals surface area contributed by atoms with E-state index in [1.165, 1.54) is 0 Å². The van der Waals surface area contributed by atoms with Crippen molar-refractivity contribution in [1.82, 2.24) is 10.2 Å². The normalized spacial score (nSPS) is 20.3. The molecule has 0 radical (unpaired) electrons. The summed E-state index contributed by atoms with van der Waals surface area (Å²) in [5.74, 6) is 0.297. The van der Waals surface area contributed by atoms with Gasteiger partial charge < -0.3 is 10.4 Å². The number of amides is 1. The molecule has 1 rings (SSSR count). The van der Waals surface area contributed by atoms with Gasteiger partial charge in [0.25, 0.3) is 0 Å². The van der Waals surface area contributed by atoms with E-state index in [9.17, 15) is 9.90 Å². The standard InChI is InChI=1S/C15H30N2O2/c1-11(2)12(18)14(3,4)10-16-13(19)15(17(5)6)8-7-9-15/h11-12,18H,7-10H2,1-6H3,(H,16,19). The van der Waals surface area contributed by atoms with Crippen molar-refractivity contribution in [2.24, 2.45) is 11.3 Å². The quantitative estimate of drug-likeness (QED) is 0.771. The molecule has 0 heterocycles. The van der Waals surface area contributed by atoms with Gasteiger partial charge in [-0.3, -0.25) is 9.69 Å². The van der Waals surface area contributed by atoms with Crippen LogP contribution in [0.1, 0.15) is 47.0 Å². The Morgan fingerprint density at radius 3 is 2.21 bits per heavy atom. The van der Waals surface area contributed by atoms with Crippen molar-refractivity contribution in [3.63, 3.8) is 0 Å². The molecule has 1 atom stereocenters. The van der Waals surface area contributed by atoms with Crippen LogP contribution >= 0.6 is 0 Å². The van der Waals surface area contributed by atoms with Crippen molar-refractivity contribution in [2.45, 2.75) is 58.6 Å². The molecule has 1 fully saturated rings. The number of hydrogen-bond acceptors (Lipinski definition) is 3. The summed E-state index contributed by atoms with van der Waals surface area (Å²) < 4.78 is 0. The summed E-state index contributed by atoms with van der Waals surface area (Å²) in [6, 6.07) is 0. The Labute approximate surface area is 117 Å². The van der Waals surface area contributed by atoms with E-state index < -0.39 is 6.10 Å². The molecule has 0 spiro atoms. The maximum atomic E-state index is 12.4. The van der Waals surface area contributed by atoms with Crippen LogP contribution in [-0.4, -0.2) is 48.2 Å². The van der Waals surface area contributed by atoms with Crippen molar-refractivity contribution in [3.8, 4) is 0 Å². The van der Waals surface area contributed by atoms with Gasteiger partial charge in [-0.15, -0.1) is 0 Å². The van der Waals surface area contributed by atoms with Crippen molar-refractivity contribution < 1.29 is 9.90 Å². The minimum absolute atomic E-state index is 0.104. The third-order valence-corrected chi connectivity index (χ3v) is 4.60. The summed E-state index contributed by atoms with van der Waals surface area (Å²) in [6.45, 7) is 8.52. The van der Waals surface area contributed by atoms with Gasteiger partial charge in [0.2, 0.25) is 5.91 Å². The Balaban J connectivity index is 2.59. The first kappa shape index (κ1) is 16.4. The lowest BCUT2D eigenvalue weighted by molar-refractivity contribution is -0.138. The molecule has 19 heavy (non-hydrogen) atoms. The molecule has 1 aliphatic rings. The van der Waals surface area contributed by atoms with Gasteiger partial charge in [0.05, 0.1) is 11.6 Å². The molecule has 0 aromatic rings. The fourth-order valence-corrected chi connectivity index (χ4v) is 2.87. The predicted octanol–water partition coefficient (Wildman–Crippen LogP) is 1.63. The van der Waals surface area contributed by atoms with E-state index in [0.717, 1.165) is 19.3 Å². The van der Waals surface area contributed by atoms with Gasteiger partial charge in [0.15, 0.2) is 0 Å². The highest BCUT2D eigenvalue weighted by Gasteiger charge is 2.46. The first-order chi connectivity index (χ1) is 8.63. The molecule has 4 nitrogen and oxygen atoms in total. The smallest absolute Gasteiger partial charge is 0.240 e. The van der Waals surface area contributed by atoms with Crippen LogP contribution in [-0.2, 0) is 4.79 Å². The lowest BCUT2D eigenvalue weighted by Crippen LogP contribution is -2.61. The summed E-state index contributed by atoms with van der Waals surface area (Å²) in [4.78, 5) is 14.4. The second kappa shape index (κ2) is 5.80. The summed E-state index contributed by atoms with van der Waals surface area (Å²) in [7, 11) is 3.93. The number of aliphatic hydroxyl groups excluding tert-OH is 1. The van der Waals surface area contributed by atoms with Gasteiger partial charge in [-0.25, -0.2) is 0 Å². The molecule has 1 unspecified atom stereocenters. The van der Waals surface area contributed by atoms with Crippen LogP contribution in [0.5, 0.6) is 0 Å². The van der Waals surface area contributed by atoms with Gasteiger partial charge in [0.1, 0.15) is 0 Å². The maximum Gasteiger partial charge on any atom is 0.240 e. The van der Waals surface area contributed by atoms with E-state index in [1.807, 2.05) is 46.7 Å². The zero-order valence-corrected chi connectivity index (χ0v) is 13.3. The van der Waals surface area contributed by atoms with Crippen LogP contribution in [0.25, 0.3) is 0 Å². The molecule has 1 aliphatic carbocycles. The number of rotatable bonds is 6. The van der Waals surface area contributed by atoms with E-state index in [2.05, 4.69) is 5.32 Å². The topological polar surface area (TPSA) is 52.6 Å². The lowest BCUT2D eigenvalue weighted by atomic mass is 9.74. The number of carbonyl (C=O) groups excluding carboxylic acids is 1. The van der Waals surface area contributed by atoms with Crippen LogP contribution in [0, 0.1) is 11.3 Å². The fourth-order valence-electron chi connectivity index (χ4n) is 2.87. The second-order valence-corrected chi connectivity index (χ2v) is 7.14. The highest BCUT2D eigenvalue weighted by molar-refractivity contribution is 5.87. The van der Waals surface area contributed by atoms with Gasteiger partial charge in [-0.2, -0.15) is 0 Å². The minimum Gasteiger partial charge on any atom is -0.392 e. The summed E-state index contributed by atoms with van der Waals surface area (Å²) >= 11 is 0. The molecule has 0 aliphatic heterocycles. The molecule has 1 amide bonds. The van der Waals surface area contributed by atoms with E-state index in [-0.39, 0.29) is 22.8 Å². The number of likely N-dealkylation sites (N-methyl/N-ethyl adjacent to an activating group) is 1. The van der Waals surface area contributed by atoms with Crippen LogP contribution in [0.2, 0.25) is 0 Å². The van der Waals surface area contributed by atoms with E-state index in [1.54, 1.807) is 0 Å². The lowest BCUT2D eigenvalue weighted by Gasteiger charge is -2.46. The zero-order valence-electron chi connectivity index (χ0n) is 13.3. The Bertz CT molecular complexity index is 320. The van der Waals surface area contributed by atoms with Gasteiger partial charge >= 0.3 is 0 Å². The Hall–Kier alpha value is -0.610. The van der Waals surface area contributed by atoms with Crippen LogP contribution in [0.3, 0.4) is 0 Å². The number of nitrogens with one attached hydrogen (secondary N) is 1. The Morgan fingerprint density at radius 2 is 1.89 bits per heavy atom. The monoisotopic (exact) mass is 270 g/mol. The Kier molecular flexibility index (Phi) is 5.02. The molecule has 0 bridgehead atoms. The van der Waals surface area contributed by atoms with Crippen LogP contribution in [0.15, 0.2) is 0 Å². The first-order valence-electron chi connectivity index (χ1n) is 7.27. The number of nitrogens with zero attached hydrogens (tertiary/aromatic N) is 1. The van der Waals surface area contributed by atoms with Crippen molar-refractivity contribution >= 4 is 5.91 Å². The number of carbonyl (C=O) groups is 1. The predicted molar refractivity (Wildman–Crippen MR) is 77.9 cm³/mol. The first-order valence-corrected chi connectivity index (χ1v) is 7.27. The number of aliphatic hydroxyl groups is 1. The molecular weight excluding hydrogens is 240 g/mol. The average molecular weight is 270 g/mol. The molecule has 2 N–H and O–H groups in total. The Morgan fingerprint density at radius 1 is 1.37 bits per heavy atom. The van der Waals surface area contributed by atoms with Gasteiger partial charge in [-0.1, -0.05) is 27.7 Å². The summed E-state index contributed by atoms with van der Waals surface area (Å²) in [5, 5.41) is 13.2. The molecule has 0 saturated heterocycles. The van der Waals surface area contributed by atoms with Gasteiger partial charge in [-0.05, 0) is 39.3 Å². The molecular formula is C15H30N2O2. The van der Waals surface area contributed by atoms with Crippen molar-refractivity contribution in [1.29, 1.82) is 0 Å². The molecule has 0 aromatic carbocycles. The van der Waals surface area contributed by atoms with Crippen molar-refractivity contribution in [2.75, 3.05) is 20.6 Å². The minimum atomic E-state index is -0.413. The van der Waals surface area contributed by atoms with E-state index in [0.29, 0.717) is 6.54 Å². The zero-order chi connectivity index (χ0) is 14.8. The third-order valence-electron chi connectivity index (χ3n) is 4.60. The summed E-state index contributed by atoms with van der Waals surface area (Å²) in [5.41, 5.74) is -0.625. The average Bonchev–Trinajstić information content (AvgIpc) is 2.23. The molecule has 112 valence electrons. The second-order valence-electron chi connectivity index (χ2n) is 7.14.